The van der Waals surface area contributed by atoms with Gasteiger partial charge in [-0.25, -0.2) is 18.4 Å². The molecule has 4 aromatic rings. The molecule has 3 aliphatic rings. The molecule has 0 spiro atoms. The van der Waals surface area contributed by atoms with Crippen molar-refractivity contribution in [3.8, 4) is 34.1 Å². The monoisotopic (exact) mass is 744 g/mol. The highest BCUT2D eigenvalue weighted by molar-refractivity contribution is 5.93. The van der Waals surface area contributed by atoms with Crippen LogP contribution in [0.5, 0.6) is 23.0 Å². The SMILES string of the molecule is CCC1(COCOc2ccc(C(=O)Oc3ccc4c(c3)C(C)c3cc(OC(=O)c5ccc(OCOCC6(CC)COC6)cc5F)ccc3-4)c(F)c2)COC1. The summed E-state index contributed by atoms with van der Waals surface area (Å²) in [5.74, 6) is -2.50. The Hall–Kier alpha value is -4.88. The number of fused-ring (bicyclic) bond motifs is 3. The molecular weight excluding hydrogens is 702 g/mol. The first kappa shape index (κ1) is 37.4. The Morgan fingerprint density at radius 2 is 1.04 bits per heavy atom. The van der Waals surface area contributed by atoms with E-state index in [1.807, 2.05) is 19.1 Å². The Morgan fingerprint density at radius 3 is 1.39 bits per heavy atom. The Kier molecular flexibility index (Phi) is 11.0. The average molecular weight is 745 g/mol. The standard InChI is InChI=1S/C42H42F2O10/c1-4-41(18-47-19-41)22-49-24-51-27-6-12-33(37(43)16-27)39(45)53-29-8-10-31-32-11-9-30(15-36(32)26(3)35(31)14-29)54-40(46)34-13-7-28(17-38(34)44)52-25-50-23-42(5-2)20-48-21-42/h6-17,26H,4-5,18-25H2,1-3H3. The quantitative estimate of drug-likeness (QED) is 0.0484. The topological polar surface area (TPSA) is 108 Å². The smallest absolute Gasteiger partial charge is 0.346 e. The van der Waals surface area contributed by atoms with Crippen LogP contribution in [0.1, 0.15) is 71.4 Å². The van der Waals surface area contributed by atoms with Gasteiger partial charge in [0.2, 0.25) is 0 Å². The van der Waals surface area contributed by atoms with Gasteiger partial charge in [0.05, 0.1) is 50.8 Å². The maximum atomic E-state index is 15.0. The molecule has 10 nitrogen and oxygen atoms in total. The Bertz CT molecular complexity index is 1870. The highest BCUT2D eigenvalue weighted by Gasteiger charge is 2.38. The lowest BCUT2D eigenvalue weighted by Crippen LogP contribution is -2.45. The number of halogens is 2. The summed E-state index contributed by atoms with van der Waals surface area (Å²) in [4.78, 5) is 26.0. The molecule has 0 bridgehead atoms. The van der Waals surface area contributed by atoms with E-state index < -0.39 is 23.6 Å². The van der Waals surface area contributed by atoms with Crippen molar-refractivity contribution in [3.63, 3.8) is 0 Å². The summed E-state index contributed by atoms with van der Waals surface area (Å²) in [5.41, 5.74) is 3.10. The second kappa shape index (κ2) is 15.8. The number of hydrogen-bond donors (Lipinski definition) is 0. The van der Waals surface area contributed by atoms with E-state index in [0.29, 0.717) is 39.6 Å². The molecule has 0 atom stereocenters. The number of esters is 2. The maximum Gasteiger partial charge on any atom is 0.346 e. The summed E-state index contributed by atoms with van der Waals surface area (Å²) in [6, 6.07) is 18.2. The molecule has 0 radical (unpaired) electrons. The van der Waals surface area contributed by atoms with E-state index in [4.69, 9.17) is 37.9 Å². The molecule has 2 aliphatic heterocycles. The summed E-state index contributed by atoms with van der Waals surface area (Å²) in [6.07, 6.45) is 1.86. The lowest BCUT2D eigenvalue weighted by atomic mass is 9.84. The fourth-order valence-electron chi connectivity index (χ4n) is 6.71. The highest BCUT2D eigenvalue weighted by atomic mass is 19.1. The first-order chi connectivity index (χ1) is 26.1. The number of hydrogen-bond acceptors (Lipinski definition) is 10. The van der Waals surface area contributed by atoms with Crippen molar-refractivity contribution < 1.29 is 56.3 Å². The summed E-state index contributed by atoms with van der Waals surface area (Å²) in [6.45, 7) is 9.57. The van der Waals surface area contributed by atoms with Crippen molar-refractivity contribution in [1.29, 1.82) is 0 Å². The van der Waals surface area contributed by atoms with Gasteiger partial charge in [-0.3, -0.25) is 0 Å². The zero-order valence-electron chi connectivity index (χ0n) is 30.4. The van der Waals surface area contributed by atoms with E-state index in [1.165, 1.54) is 24.3 Å². The van der Waals surface area contributed by atoms with E-state index in [-0.39, 0.29) is 64.5 Å². The normalized spacial score (nSPS) is 16.4. The molecular formula is C42H42F2O10. The molecule has 2 heterocycles. The third kappa shape index (κ3) is 7.83. The fourth-order valence-corrected chi connectivity index (χ4v) is 6.71. The molecule has 54 heavy (non-hydrogen) atoms. The van der Waals surface area contributed by atoms with Gasteiger partial charge >= 0.3 is 11.9 Å². The van der Waals surface area contributed by atoms with Gasteiger partial charge in [-0.15, -0.1) is 0 Å². The van der Waals surface area contributed by atoms with Crippen LogP contribution in [0.25, 0.3) is 11.1 Å². The van der Waals surface area contributed by atoms with Crippen molar-refractivity contribution in [2.75, 3.05) is 53.2 Å². The predicted molar refractivity (Wildman–Crippen MR) is 192 cm³/mol. The van der Waals surface area contributed by atoms with Gasteiger partial charge in [-0.1, -0.05) is 32.9 Å². The van der Waals surface area contributed by atoms with Crippen LogP contribution in [0.2, 0.25) is 0 Å². The minimum absolute atomic E-state index is 0.00563. The lowest BCUT2D eigenvalue weighted by Gasteiger charge is -2.40. The maximum absolute atomic E-state index is 15.0. The van der Waals surface area contributed by atoms with Crippen LogP contribution in [0.15, 0.2) is 72.8 Å². The van der Waals surface area contributed by atoms with Crippen LogP contribution in [0.3, 0.4) is 0 Å². The molecule has 7 rings (SSSR count). The van der Waals surface area contributed by atoms with Crippen LogP contribution in [0.4, 0.5) is 8.78 Å². The number of rotatable bonds is 16. The summed E-state index contributed by atoms with van der Waals surface area (Å²) < 4.78 is 73.9. The van der Waals surface area contributed by atoms with Crippen molar-refractivity contribution in [2.24, 2.45) is 10.8 Å². The lowest BCUT2D eigenvalue weighted by molar-refractivity contribution is -0.162. The molecule has 0 aromatic heterocycles. The van der Waals surface area contributed by atoms with Gasteiger partial charge in [-0.05, 0) is 83.6 Å². The summed E-state index contributed by atoms with van der Waals surface area (Å²) in [7, 11) is 0. The minimum atomic E-state index is -0.855. The largest absolute Gasteiger partial charge is 0.467 e. The van der Waals surface area contributed by atoms with Crippen LogP contribution in [0, 0.1) is 22.5 Å². The van der Waals surface area contributed by atoms with Gasteiger partial charge < -0.3 is 37.9 Å². The van der Waals surface area contributed by atoms with Crippen LogP contribution in [-0.4, -0.2) is 65.2 Å². The molecule has 0 unspecified atom stereocenters. The third-order valence-corrected chi connectivity index (χ3v) is 10.6. The number of benzene rings is 4. The highest BCUT2D eigenvalue weighted by Crippen LogP contribution is 2.47. The first-order valence-corrected chi connectivity index (χ1v) is 18.0. The van der Waals surface area contributed by atoms with Crippen molar-refractivity contribution >= 4 is 11.9 Å². The number of ether oxygens (including phenoxy) is 8. The van der Waals surface area contributed by atoms with E-state index in [2.05, 4.69) is 13.8 Å². The molecule has 0 amide bonds. The summed E-state index contributed by atoms with van der Waals surface area (Å²) >= 11 is 0. The number of carbonyl (C=O) groups excluding carboxylic acids is 2. The van der Waals surface area contributed by atoms with E-state index in [0.717, 1.165) is 47.2 Å². The molecule has 12 heteroatoms. The fraction of sp³-hybridized carbons (Fsp3) is 0.381. The molecule has 0 N–H and O–H groups in total. The zero-order valence-corrected chi connectivity index (χ0v) is 30.4. The van der Waals surface area contributed by atoms with Gasteiger partial charge in [-0.2, -0.15) is 0 Å². The van der Waals surface area contributed by atoms with E-state index in [1.54, 1.807) is 24.3 Å². The molecule has 0 saturated carbocycles. The van der Waals surface area contributed by atoms with E-state index >= 15 is 0 Å². The molecule has 2 fully saturated rings. The third-order valence-electron chi connectivity index (χ3n) is 10.6. The Morgan fingerprint density at radius 1 is 0.630 bits per heavy atom. The van der Waals surface area contributed by atoms with Gasteiger partial charge in [0.25, 0.3) is 0 Å². The minimum Gasteiger partial charge on any atom is -0.467 e. The predicted octanol–water partition coefficient (Wildman–Crippen LogP) is 8.09. The Labute approximate surface area is 312 Å². The second-order valence-electron chi connectivity index (χ2n) is 14.2. The molecule has 284 valence electrons. The van der Waals surface area contributed by atoms with Crippen molar-refractivity contribution in [3.05, 3.63) is 107 Å². The van der Waals surface area contributed by atoms with Gasteiger partial charge in [0, 0.05) is 28.9 Å². The van der Waals surface area contributed by atoms with Gasteiger partial charge in [0.1, 0.15) is 34.6 Å². The zero-order chi connectivity index (χ0) is 37.9. The van der Waals surface area contributed by atoms with Crippen LogP contribution >= 0.6 is 0 Å². The second-order valence-corrected chi connectivity index (χ2v) is 14.2. The Balaban J connectivity index is 0.929. The van der Waals surface area contributed by atoms with Gasteiger partial charge in [0.15, 0.2) is 13.6 Å². The van der Waals surface area contributed by atoms with Crippen molar-refractivity contribution in [1.82, 2.24) is 0 Å². The summed E-state index contributed by atoms with van der Waals surface area (Å²) in [5, 5.41) is 0. The molecule has 1 aliphatic carbocycles. The molecule has 2 saturated heterocycles. The average Bonchev–Trinajstić information content (AvgIpc) is 3.40. The first-order valence-electron chi connectivity index (χ1n) is 18.0. The van der Waals surface area contributed by atoms with E-state index in [9.17, 15) is 18.4 Å². The number of carbonyl (C=O) groups is 2. The van der Waals surface area contributed by atoms with Crippen molar-refractivity contribution in [2.45, 2.75) is 39.5 Å². The molecule has 4 aromatic carbocycles. The van der Waals surface area contributed by atoms with Crippen LogP contribution < -0.4 is 18.9 Å². The van der Waals surface area contributed by atoms with Crippen LogP contribution in [-0.2, 0) is 18.9 Å².